The van der Waals surface area contributed by atoms with Gasteiger partial charge < -0.3 is 63.8 Å². The van der Waals surface area contributed by atoms with Crippen molar-refractivity contribution in [2.75, 3.05) is 63.8 Å². The minimum Gasteiger partial charge on any atom is -0.324 e. The summed E-state index contributed by atoms with van der Waals surface area (Å²) in [4.78, 5) is 58.3. The van der Waals surface area contributed by atoms with Crippen molar-refractivity contribution in [2.45, 2.75) is 74.9 Å². The minimum absolute atomic E-state index is 0.0923. The summed E-state index contributed by atoms with van der Waals surface area (Å²) in [5, 5.41) is 38.4. The van der Waals surface area contributed by atoms with E-state index in [1.165, 1.54) is 17.7 Å². The average Bonchev–Trinajstić information content (AvgIpc) is 1.16. The van der Waals surface area contributed by atoms with E-state index in [0.29, 0.717) is 59.4 Å². The van der Waals surface area contributed by atoms with Crippen molar-refractivity contribution in [1.29, 1.82) is 0 Å². The second-order valence-corrected chi connectivity index (χ2v) is 29.4. The number of rotatable bonds is 25. The van der Waals surface area contributed by atoms with Gasteiger partial charge in [0.05, 0.1) is 5.56 Å². The topological polar surface area (TPSA) is 312 Å². The Morgan fingerprint density at radius 3 is 0.748 bits per heavy atom. The standard InChI is InChI=1S/C25H26N6.C24H21F3N6.C23H21BrN6.C22H21N7/c1-4-19-11-5-6-14-22(19)28-25-30-23(26-20-12-7-9-17(2)15-20)29-24(31-25)27-21-13-8-10-18(3)16-21;1-15-6-3-9-18(12-15)28-21-31-22(29-19-10-4-7-16(2)13-19)33-23(32-21)30-20-11-5-8-17(14-20)24(25,26)27;1-15-5-3-7-19(13-15)26-22-28-21(25-18-11-9-17(24)10-12-18)29-23(30-22)27-20-8-4-6-16(2)14-20;1-15-7-5-9-17(13-15)24-20-27-21(25-18-10-6-8-16(2)14-18)29-22(28-20)26-19-11-3-4-12-23-19/h5-16H,4H2,1-3H3,(H3,26,27,28,29,30,31);3-14H,1-2H3,(H3,28,29,30,31,32,33);3-14H,1-2H3,(H3,25,26,27,28,29,30);3-14H,1-2H3,(H3,23,24,25,26,27,28,29). The highest BCUT2D eigenvalue weighted by Gasteiger charge is 2.30. The van der Waals surface area contributed by atoms with Gasteiger partial charge in [0.15, 0.2) is 0 Å². The Morgan fingerprint density at radius 2 is 0.488 bits per heavy atom. The summed E-state index contributed by atoms with van der Waals surface area (Å²) in [6.45, 7) is 18.3. The molecule has 16 aromatic rings. The summed E-state index contributed by atoms with van der Waals surface area (Å²) in [6.07, 6.45) is -1.83. The maximum atomic E-state index is 13.1. The summed E-state index contributed by atoms with van der Waals surface area (Å²) in [7, 11) is 0. The van der Waals surface area contributed by atoms with E-state index in [-0.39, 0.29) is 23.5 Å². The number of anilines is 24. The normalized spacial score (nSPS) is 10.7. The van der Waals surface area contributed by atoms with Crippen molar-refractivity contribution in [3.63, 3.8) is 0 Å². The first-order valence-corrected chi connectivity index (χ1v) is 40.0. The summed E-state index contributed by atoms with van der Waals surface area (Å²) in [5.41, 5.74) is 18.6. The van der Waals surface area contributed by atoms with E-state index >= 15 is 0 Å². The molecule has 0 fully saturated rings. The van der Waals surface area contributed by atoms with Crippen molar-refractivity contribution in [3.05, 3.63) is 351 Å². The van der Waals surface area contributed by atoms with E-state index in [4.69, 9.17) is 0 Å². The van der Waals surface area contributed by atoms with Crippen LogP contribution in [-0.2, 0) is 12.6 Å². The molecule has 5 heterocycles. The lowest BCUT2D eigenvalue weighted by atomic mass is 10.1. The van der Waals surface area contributed by atoms with Crippen molar-refractivity contribution >= 4 is 156 Å². The van der Waals surface area contributed by atoms with Crippen LogP contribution in [0.3, 0.4) is 0 Å². The van der Waals surface area contributed by atoms with Crippen molar-refractivity contribution in [3.8, 4) is 0 Å². The molecule has 0 unspecified atom stereocenters. The first-order valence-electron chi connectivity index (χ1n) is 39.2. The van der Waals surface area contributed by atoms with Gasteiger partial charge in [0, 0.05) is 73.2 Å². The highest BCUT2D eigenvalue weighted by atomic mass is 79.9. The lowest BCUT2D eigenvalue weighted by molar-refractivity contribution is -0.137. The fourth-order valence-electron chi connectivity index (χ4n) is 12.2. The Bertz CT molecular complexity index is 5980. The summed E-state index contributed by atoms with van der Waals surface area (Å²) < 4.78 is 40.3. The Kier molecular flexibility index (Phi) is 28.6. The molecular weight excluding hydrogens is 1620 g/mol. The molecule has 0 radical (unpaired) electrons. The molecule has 16 rings (SSSR count). The van der Waals surface area contributed by atoms with Gasteiger partial charge in [-0.3, -0.25) is 0 Å². The molecule has 0 aliphatic carbocycles. The lowest BCUT2D eigenvalue weighted by Gasteiger charge is -2.13. The van der Waals surface area contributed by atoms with Crippen LogP contribution in [0.1, 0.15) is 62.6 Å². The molecule has 0 saturated heterocycles. The van der Waals surface area contributed by atoms with E-state index in [1.807, 2.05) is 272 Å². The Balaban J connectivity index is 0.000000141. The zero-order valence-corrected chi connectivity index (χ0v) is 70.3. The molecule has 0 amide bonds. The molecule has 0 atom stereocenters. The van der Waals surface area contributed by atoms with Crippen LogP contribution in [0.5, 0.6) is 0 Å². The number of benzene rings is 11. The first kappa shape index (κ1) is 85.4. The number of para-hydroxylation sites is 1. The third-order valence-electron chi connectivity index (χ3n) is 17.8. The maximum absolute atomic E-state index is 13.1. The number of aryl methyl sites for hydroxylation is 9. The molecule has 0 spiro atoms. The van der Waals surface area contributed by atoms with Gasteiger partial charge in [0.25, 0.3) is 0 Å². The molecule has 5 aromatic heterocycles. The zero-order valence-electron chi connectivity index (χ0n) is 68.7. The summed E-state index contributed by atoms with van der Waals surface area (Å²) >= 11 is 3.45. The highest BCUT2D eigenvalue weighted by Crippen LogP contribution is 2.33. The lowest BCUT2D eigenvalue weighted by Crippen LogP contribution is -2.08. The number of halogens is 4. The Labute approximate surface area is 719 Å². The maximum Gasteiger partial charge on any atom is 0.416 e. The van der Waals surface area contributed by atoms with Gasteiger partial charge in [-0.05, 0) is 270 Å². The SMILES string of the molecule is CCc1ccccc1Nc1nc(Nc2cccc(C)c2)nc(Nc2cccc(C)c2)n1.Cc1cccc(Nc2nc(Nc3ccc(Br)cc3)nc(Nc3cccc(C)c3)n2)c1.Cc1cccc(Nc2nc(Nc3cccc(C)c3)nc(Nc3cccc(C(F)(F)F)c3)n2)c1.Cc1cccc(Nc2nc(Nc3cccc(C)c3)nc(Nc3ccccn3)n2)c1. The summed E-state index contributed by atoms with van der Waals surface area (Å²) in [6, 6.07) is 90.1. The van der Waals surface area contributed by atoms with Crippen LogP contribution in [0.15, 0.2) is 296 Å². The molecule has 11 aromatic carbocycles. The van der Waals surface area contributed by atoms with Gasteiger partial charge in [-0.25, -0.2) is 4.98 Å². The largest absolute Gasteiger partial charge is 0.416 e. The molecule has 12 N–H and O–H groups in total. The van der Waals surface area contributed by atoms with Crippen molar-refractivity contribution in [2.24, 2.45) is 0 Å². The Hall–Kier alpha value is -15.5. The van der Waals surface area contributed by atoms with Crippen LogP contribution in [0.25, 0.3) is 0 Å². The summed E-state index contributed by atoms with van der Waals surface area (Å²) in [5.74, 6) is 5.22. The fraction of sp³-hybridized carbons (Fsp3) is 0.117. The van der Waals surface area contributed by atoms with Gasteiger partial charge in [0.1, 0.15) is 5.82 Å². The predicted octanol–water partition coefficient (Wildman–Crippen LogP) is 24.6. The van der Waals surface area contributed by atoms with Crippen LogP contribution >= 0.6 is 15.9 Å². The van der Waals surface area contributed by atoms with E-state index in [2.05, 4.69) is 196 Å². The predicted molar refractivity (Wildman–Crippen MR) is 494 cm³/mol. The molecule has 29 heteroatoms. The third kappa shape index (κ3) is 27.0. The molecule has 25 nitrogen and oxygen atoms in total. The number of aromatic nitrogens is 13. The van der Waals surface area contributed by atoms with Gasteiger partial charge in [0.2, 0.25) is 71.4 Å². The van der Waals surface area contributed by atoms with Crippen LogP contribution in [0.4, 0.5) is 153 Å². The number of pyridine rings is 1. The third-order valence-corrected chi connectivity index (χ3v) is 18.4. The molecule has 0 aliphatic rings. The van der Waals surface area contributed by atoms with E-state index < -0.39 is 11.7 Å². The average molecular weight is 1710 g/mol. The number of nitrogens with one attached hydrogen (secondary N) is 12. The minimum atomic E-state index is -4.45. The van der Waals surface area contributed by atoms with E-state index in [0.717, 1.165) is 124 Å². The number of nitrogens with zero attached hydrogens (tertiary/aromatic N) is 13. The van der Waals surface area contributed by atoms with Crippen LogP contribution in [-0.4, -0.2) is 64.8 Å². The molecule has 123 heavy (non-hydrogen) atoms. The number of hydrogen-bond donors (Lipinski definition) is 12. The van der Waals surface area contributed by atoms with E-state index in [9.17, 15) is 13.2 Å². The number of alkyl halides is 3. The molecule has 0 saturated carbocycles. The van der Waals surface area contributed by atoms with Gasteiger partial charge in [-0.1, -0.05) is 150 Å². The van der Waals surface area contributed by atoms with Gasteiger partial charge in [-0.2, -0.15) is 73.0 Å². The second kappa shape index (κ2) is 41.2. The zero-order chi connectivity index (χ0) is 86.0. The van der Waals surface area contributed by atoms with Crippen LogP contribution in [0.2, 0.25) is 0 Å². The number of hydrogen-bond acceptors (Lipinski definition) is 25. The van der Waals surface area contributed by atoms with Crippen LogP contribution in [0, 0.1) is 55.4 Å². The van der Waals surface area contributed by atoms with Gasteiger partial charge >= 0.3 is 6.18 Å². The fourth-order valence-corrected chi connectivity index (χ4v) is 12.4. The molecular formula is C94H89BrF3N25. The smallest absolute Gasteiger partial charge is 0.324 e. The Morgan fingerprint density at radius 1 is 0.244 bits per heavy atom. The van der Waals surface area contributed by atoms with Crippen molar-refractivity contribution in [1.82, 2.24) is 64.8 Å². The quantitative estimate of drug-likeness (QED) is 0.0253. The molecule has 0 bridgehead atoms. The van der Waals surface area contributed by atoms with Crippen LogP contribution < -0.4 is 63.8 Å². The molecule has 0 aliphatic heterocycles. The molecule has 618 valence electrons. The van der Waals surface area contributed by atoms with Crippen molar-refractivity contribution < 1.29 is 13.2 Å². The second-order valence-electron chi connectivity index (χ2n) is 28.5. The first-order chi connectivity index (χ1) is 59.5. The highest BCUT2D eigenvalue weighted by molar-refractivity contribution is 9.10. The van der Waals surface area contributed by atoms with Gasteiger partial charge in [-0.15, -0.1) is 0 Å². The monoisotopic (exact) mass is 1700 g/mol. The van der Waals surface area contributed by atoms with E-state index in [1.54, 1.807) is 6.20 Å².